The van der Waals surface area contributed by atoms with Crippen LogP contribution in [0.2, 0.25) is 0 Å². The van der Waals surface area contributed by atoms with E-state index < -0.39 is 0 Å². The third-order valence-electron chi connectivity index (χ3n) is 6.47. The number of Topliss-reactive ketones (excluding diaryl/α,β-unsaturated/α-hetero) is 1. The minimum Gasteiger partial charge on any atom is -0.379 e. The monoisotopic (exact) mass is 345 g/mol. The molecule has 5 nitrogen and oxygen atoms in total. The first-order chi connectivity index (χ1) is 12.2. The average Bonchev–Trinajstić information content (AvgIpc) is 2.96. The predicted molar refractivity (Wildman–Crippen MR) is 98.2 cm³/mol. The summed E-state index contributed by atoms with van der Waals surface area (Å²) in [5.41, 5.74) is 4.70. The smallest absolute Gasteiger partial charge is 0.169 e. The van der Waals surface area contributed by atoms with Gasteiger partial charge in [0.1, 0.15) is 0 Å². The molecular formula is C20H31N3O2. The third kappa shape index (κ3) is 3.29. The van der Waals surface area contributed by atoms with Crippen LogP contribution in [-0.4, -0.2) is 73.0 Å². The molecule has 3 aliphatic rings. The number of nitrogens with one attached hydrogen (secondary N) is 1. The Balaban J connectivity index is 1.42. The number of hydrogen-bond acceptors (Lipinski definition) is 4. The number of fused-ring (bicyclic) bond motifs is 2. The standard InChI is InChI=1S/C20H31N3O2/c1-3-16-14(2)21-18-12-15-4-5-23(13-17(15)20(24)19(16)18)7-6-22-8-10-25-11-9-22/h15,17,21H,3-13H2,1-2H3/t15-,17+/m0/s1. The average molecular weight is 345 g/mol. The summed E-state index contributed by atoms with van der Waals surface area (Å²) in [7, 11) is 0. The highest BCUT2D eigenvalue weighted by molar-refractivity contribution is 6.02. The normalized spacial score (nSPS) is 28.0. The van der Waals surface area contributed by atoms with E-state index in [0.717, 1.165) is 77.3 Å². The van der Waals surface area contributed by atoms with Crippen molar-refractivity contribution < 1.29 is 9.53 Å². The topological polar surface area (TPSA) is 48.6 Å². The van der Waals surface area contributed by atoms with Gasteiger partial charge in [0.25, 0.3) is 0 Å². The molecule has 2 fully saturated rings. The number of morpholine rings is 1. The number of piperidine rings is 1. The van der Waals surface area contributed by atoms with Crippen molar-refractivity contribution in [3.63, 3.8) is 0 Å². The second-order valence-electron chi connectivity index (χ2n) is 7.91. The van der Waals surface area contributed by atoms with Crippen LogP contribution >= 0.6 is 0 Å². The van der Waals surface area contributed by atoms with Crippen molar-refractivity contribution in [3.8, 4) is 0 Å². The minimum absolute atomic E-state index is 0.200. The van der Waals surface area contributed by atoms with Gasteiger partial charge in [0.2, 0.25) is 0 Å². The van der Waals surface area contributed by atoms with Crippen LogP contribution in [0.15, 0.2) is 0 Å². The highest BCUT2D eigenvalue weighted by atomic mass is 16.5. The van der Waals surface area contributed by atoms with E-state index in [-0.39, 0.29) is 5.92 Å². The first kappa shape index (κ1) is 17.3. The Morgan fingerprint density at radius 3 is 2.68 bits per heavy atom. The van der Waals surface area contributed by atoms with Crippen molar-refractivity contribution in [2.45, 2.75) is 33.1 Å². The molecule has 0 amide bonds. The molecule has 0 saturated carbocycles. The summed E-state index contributed by atoms with van der Waals surface area (Å²) >= 11 is 0. The molecule has 25 heavy (non-hydrogen) atoms. The number of rotatable bonds is 4. The number of H-pyrrole nitrogens is 1. The zero-order chi connectivity index (χ0) is 17.4. The van der Waals surface area contributed by atoms with Crippen LogP contribution < -0.4 is 0 Å². The molecule has 138 valence electrons. The van der Waals surface area contributed by atoms with Gasteiger partial charge in [-0.05, 0) is 44.2 Å². The molecule has 0 spiro atoms. The van der Waals surface area contributed by atoms with Crippen LogP contribution in [0.25, 0.3) is 0 Å². The lowest BCUT2D eigenvalue weighted by atomic mass is 9.72. The second kappa shape index (κ2) is 7.22. The maximum atomic E-state index is 13.2. The summed E-state index contributed by atoms with van der Waals surface area (Å²) in [6.07, 6.45) is 3.16. The minimum atomic E-state index is 0.200. The zero-order valence-corrected chi connectivity index (χ0v) is 15.6. The van der Waals surface area contributed by atoms with Crippen LogP contribution in [0.3, 0.4) is 0 Å². The van der Waals surface area contributed by atoms with Crippen molar-refractivity contribution >= 4 is 5.78 Å². The molecule has 4 rings (SSSR count). The van der Waals surface area contributed by atoms with Gasteiger partial charge in [-0.3, -0.25) is 9.69 Å². The molecule has 0 radical (unpaired) electrons. The Morgan fingerprint density at radius 2 is 1.92 bits per heavy atom. The quantitative estimate of drug-likeness (QED) is 0.905. The lowest BCUT2D eigenvalue weighted by Crippen LogP contribution is -2.49. The first-order valence-corrected chi connectivity index (χ1v) is 9.94. The van der Waals surface area contributed by atoms with E-state index in [1.165, 1.54) is 17.0 Å². The number of ketones is 1. The van der Waals surface area contributed by atoms with Crippen LogP contribution in [-0.2, 0) is 17.6 Å². The van der Waals surface area contributed by atoms with E-state index >= 15 is 0 Å². The van der Waals surface area contributed by atoms with Gasteiger partial charge in [0, 0.05) is 55.6 Å². The Kier molecular flexibility index (Phi) is 4.98. The maximum absolute atomic E-state index is 13.2. The second-order valence-corrected chi connectivity index (χ2v) is 7.91. The van der Waals surface area contributed by atoms with Gasteiger partial charge >= 0.3 is 0 Å². The maximum Gasteiger partial charge on any atom is 0.169 e. The molecular weight excluding hydrogens is 314 g/mol. The van der Waals surface area contributed by atoms with Gasteiger partial charge in [-0.25, -0.2) is 0 Å². The van der Waals surface area contributed by atoms with E-state index in [1.54, 1.807) is 0 Å². The highest BCUT2D eigenvalue weighted by Crippen LogP contribution is 2.37. The largest absolute Gasteiger partial charge is 0.379 e. The van der Waals surface area contributed by atoms with E-state index in [2.05, 4.69) is 28.6 Å². The number of carbonyl (C=O) groups excluding carboxylic acids is 1. The fourth-order valence-corrected chi connectivity index (χ4v) is 4.99. The summed E-state index contributed by atoms with van der Waals surface area (Å²) < 4.78 is 5.43. The van der Waals surface area contributed by atoms with Gasteiger partial charge in [0.05, 0.1) is 13.2 Å². The Bertz CT molecular complexity index is 633. The third-order valence-corrected chi connectivity index (χ3v) is 6.47. The molecule has 2 atom stereocenters. The van der Waals surface area contributed by atoms with Crippen LogP contribution in [0.4, 0.5) is 0 Å². The Morgan fingerprint density at radius 1 is 1.16 bits per heavy atom. The lowest BCUT2D eigenvalue weighted by Gasteiger charge is -2.41. The van der Waals surface area contributed by atoms with E-state index in [4.69, 9.17) is 4.74 Å². The zero-order valence-electron chi connectivity index (χ0n) is 15.6. The number of aryl methyl sites for hydroxylation is 1. The van der Waals surface area contributed by atoms with Crippen molar-refractivity contribution in [1.82, 2.24) is 14.8 Å². The molecule has 5 heteroatoms. The molecule has 3 heterocycles. The van der Waals surface area contributed by atoms with E-state index in [1.807, 2.05) is 0 Å². The van der Waals surface area contributed by atoms with Gasteiger partial charge in [-0.1, -0.05) is 6.92 Å². The molecule has 0 aromatic carbocycles. The van der Waals surface area contributed by atoms with Crippen molar-refractivity contribution in [2.75, 3.05) is 52.5 Å². The summed E-state index contributed by atoms with van der Waals surface area (Å²) in [5.74, 6) is 1.14. The molecule has 1 aliphatic carbocycles. The molecule has 1 aromatic rings. The fraction of sp³-hybridized carbons (Fsp3) is 0.750. The van der Waals surface area contributed by atoms with Crippen molar-refractivity contribution in [3.05, 3.63) is 22.5 Å². The molecule has 2 saturated heterocycles. The molecule has 0 bridgehead atoms. The van der Waals surface area contributed by atoms with Gasteiger partial charge in [-0.2, -0.15) is 0 Å². The molecule has 2 aliphatic heterocycles. The van der Waals surface area contributed by atoms with Crippen LogP contribution in [0, 0.1) is 18.8 Å². The SMILES string of the molecule is CCc1c(C)[nH]c2c1C(=O)[C@@H]1CN(CCN3CCOCC3)CC[C@H]1C2. The molecule has 0 unspecified atom stereocenters. The summed E-state index contributed by atoms with van der Waals surface area (Å²) in [6.45, 7) is 12.3. The number of carbonyl (C=O) groups is 1. The number of likely N-dealkylation sites (tertiary alicyclic amines) is 1. The summed E-state index contributed by atoms with van der Waals surface area (Å²) in [5, 5.41) is 0. The number of nitrogens with zero attached hydrogens (tertiary/aromatic N) is 2. The Hall–Kier alpha value is -1.17. The van der Waals surface area contributed by atoms with E-state index in [9.17, 15) is 4.79 Å². The number of aromatic nitrogens is 1. The van der Waals surface area contributed by atoms with Gasteiger partial charge in [0.15, 0.2) is 5.78 Å². The fourth-order valence-electron chi connectivity index (χ4n) is 4.99. The van der Waals surface area contributed by atoms with Crippen molar-refractivity contribution in [1.29, 1.82) is 0 Å². The summed E-state index contributed by atoms with van der Waals surface area (Å²) in [6, 6.07) is 0. The molecule has 1 aromatic heterocycles. The van der Waals surface area contributed by atoms with E-state index in [0.29, 0.717) is 11.7 Å². The number of ether oxygens (including phenoxy) is 1. The van der Waals surface area contributed by atoms with Gasteiger partial charge < -0.3 is 14.6 Å². The first-order valence-electron chi connectivity index (χ1n) is 9.94. The number of aromatic amines is 1. The van der Waals surface area contributed by atoms with Crippen LogP contribution in [0.1, 0.15) is 40.7 Å². The lowest BCUT2D eigenvalue weighted by molar-refractivity contribution is 0.0276. The van der Waals surface area contributed by atoms with Crippen LogP contribution in [0.5, 0.6) is 0 Å². The predicted octanol–water partition coefficient (Wildman–Crippen LogP) is 1.89. The highest BCUT2D eigenvalue weighted by Gasteiger charge is 2.41. The van der Waals surface area contributed by atoms with Crippen molar-refractivity contribution in [2.24, 2.45) is 11.8 Å². The summed E-state index contributed by atoms with van der Waals surface area (Å²) in [4.78, 5) is 21.7. The molecule has 1 N–H and O–H groups in total. The number of hydrogen-bond donors (Lipinski definition) is 1. The Labute approximate surface area is 150 Å². The van der Waals surface area contributed by atoms with Gasteiger partial charge in [-0.15, -0.1) is 0 Å².